The number of benzene rings is 2. The van der Waals surface area contributed by atoms with E-state index in [1.165, 1.54) is 0 Å². The van der Waals surface area contributed by atoms with Gasteiger partial charge in [-0.25, -0.2) is 0 Å². The van der Waals surface area contributed by atoms with Crippen molar-refractivity contribution in [1.82, 2.24) is 5.32 Å². The molecule has 3 nitrogen and oxygen atoms in total. The van der Waals surface area contributed by atoms with Gasteiger partial charge in [0.2, 0.25) is 0 Å². The number of carbonyl (C=O) groups is 1. The molecule has 0 aromatic heterocycles. The highest BCUT2D eigenvalue weighted by molar-refractivity contribution is 6.26. The van der Waals surface area contributed by atoms with Crippen LogP contribution in [0.3, 0.4) is 0 Å². The molecule has 3 heteroatoms. The molecule has 0 spiro atoms. The average molecular weight is 333 g/mol. The van der Waals surface area contributed by atoms with E-state index in [0.29, 0.717) is 6.54 Å². The molecule has 0 aliphatic heterocycles. The predicted octanol–water partition coefficient (Wildman–Crippen LogP) is 4.55. The third-order valence-electron chi connectivity index (χ3n) is 4.30. The molecule has 1 aliphatic rings. The monoisotopic (exact) mass is 333 g/mol. The second kappa shape index (κ2) is 7.84. The van der Waals surface area contributed by atoms with Gasteiger partial charge in [-0.1, -0.05) is 49.7 Å². The van der Waals surface area contributed by atoms with Crippen LogP contribution in [0.25, 0.3) is 17.2 Å². The van der Waals surface area contributed by atoms with Gasteiger partial charge in [-0.3, -0.25) is 4.79 Å². The zero-order chi connectivity index (χ0) is 17.6. The fourth-order valence-corrected chi connectivity index (χ4v) is 2.97. The molecule has 0 heterocycles. The van der Waals surface area contributed by atoms with E-state index in [4.69, 9.17) is 4.74 Å². The van der Waals surface area contributed by atoms with E-state index in [0.717, 1.165) is 46.4 Å². The lowest BCUT2D eigenvalue weighted by atomic mass is 10.0. The molecular formula is C22H23NO2. The van der Waals surface area contributed by atoms with Crippen LogP contribution in [0.15, 0.2) is 54.6 Å². The first kappa shape index (κ1) is 17.0. The summed E-state index contributed by atoms with van der Waals surface area (Å²) >= 11 is 0. The summed E-state index contributed by atoms with van der Waals surface area (Å²) in [4.78, 5) is 12.6. The van der Waals surface area contributed by atoms with Crippen molar-refractivity contribution in [2.24, 2.45) is 0 Å². The predicted molar refractivity (Wildman–Crippen MR) is 103 cm³/mol. The van der Waals surface area contributed by atoms with Crippen molar-refractivity contribution >= 4 is 23.1 Å². The zero-order valence-electron chi connectivity index (χ0n) is 14.7. The third-order valence-corrected chi connectivity index (χ3v) is 4.30. The Morgan fingerprint density at radius 2 is 1.92 bits per heavy atom. The summed E-state index contributed by atoms with van der Waals surface area (Å²) < 4.78 is 5.29. The summed E-state index contributed by atoms with van der Waals surface area (Å²) in [6.07, 6.45) is 6.13. The van der Waals surface area contributed by atoms with Crippen LogP contribution in [0.5, 0.6) is 5.75 Å². The van der Waals surface area contributed by atoms with E-state index >= 15 is 0 Å². The maximum Gasteiger partial charge on any atom is 0.251 e. The Morgan fingerprint density at radius 1 is 1.12 bits per heavy atom. The van der Waals surface area contributed by atoms with Crippen LogP contribution >= 0.6 is 0 Å². The van der Waals surface area contributed by atoms with Gasteiger partial charge in [-0.15, -0.1) is 0 Å². The summed E-state index contributed by atoms with van der Waals surface area (Å²) in [7, 11) is 1.66. The Labute approximate surface area is 149 Å². The molecule has 1 N–H and O–H groups in total. The minimum absolute atomic E-state index is 0.00468. The maximum atomic E-state index is 12.6. The number of fused-ring (bicyclic) bond motifs is 1. The van der Waals surface area contributed by atoms with Gasteiger partial charge < -0.3 is 10.1 Å². The molecular weight excluding hydrogens is 310 g/mol. The molecule has 0 saturated heterocycles. The van der Waals surface area contributed by atoms with E-state index in [9.17, 15) is 4.79 Å². The molecule has 0 saturated carbocycles. The number of allylic oxidation sites excluding steroid dienone is 2. The molecule has 1 amide bonds. The van der Waals surface area contributed by atoms with Crippen LogP contribution in [-0.2, 0) is 4.79 Å². The van der Waals surface area contributed by atoms with Crippen molar-refractivity contribution < 1.29 is 9.53 Å². The van der Waals surface area contributed by atoms with Gasteiger partial charge in [0, 0.05) is 12.1 Å². The highest BCUT2D eigenvalue weighted by Gasteiger charge is 2.22. The topological polar surface area (TPSA) is 38.3 Å². The Kier molecular flexibility index (Phi) is 5.34. The smallest absolute Gasteiger partial charge is 0.251 e. The van der Waals surface area contributed by atoms with Crippen molar-refractivity contribution in [3.8, 4) is 5.75 Å². The normalized spacial score (nSPS) is 14.2. The fraction of sp³-hybridized carbons (Fsp3) is 0.227. The molecule has 1 aliphatic carbocycles. The SMILES string of the molecule is CCCCNC(=O)C1=C/C(=C\c2cccc(OC)c2)c2ccccc21. The Morgan fingerprint density at radius 3 is 2.68 bits per heavy atom. The molecule has 2 aromatic rings. The van der Waals surface area contributed by atoms with Gasteiger partial charge in [0.05, 0.1) is 7.11 Å². The average Bonchev–Trinajstić information content (AvgIpc) is 3.01. The molecule has 0 unspecified atom stereocenters. The van der Waals surface area contributed by atoms with Crippen LogP contribution in [0.4, 0.5) is 0 Å². The quantitative estimate of drug-likeness (QED) is 0.788. The van der Waals surface area contributed by atoms with Crippen LogP contribution in [-0.4, -0.2) is 19.6 Å². The molecule has 0 fully saturated rings. The number of amides is 1. The number of hydrogen-bond donors (Lipinski definition) is 1. The number of unbranched alkanes of at least 4 members (excludes halogenated alkanes) is 1. The second-order valence-corrected chi connectivity index (χ2v) is 6.09. The van der Waals surface area contributed by atoms with Crippen molar-refractivity contribution in [3.63, 3.8) is 0 Å². The van der Waals surface area contributed by atoms with Crippen LogP contribution in [0.1, 0.15) is 36.5 Å². The molecule has 0 bridgehead atoms. The van der Waals surface area contributed by atoms with Gasteiger partial charge in [0.25, 0.3) is 5.91 Å². The van der Waals surface area contributed by atoms with E-state index in [1.54, 1.807) is 7.11 Å². The lowest BCUT2D eigenvalue weighted by Gasteiger charge is -2.06. The van der Waals surface area contributed by atoms with Crippen molar-refractivity contribution in [2.45, 2.75) is 19.8 Å². The van der Waals surface area contributed by atoms with E-state index in [-0.39, 0.29) is 5.91 Å². The molecule has 0 atom stereocenters. The Balaban J connectivity index is 1.94. The van der Waals surface area contributed by atoms with Crippen molar-refractivity contribution in [1.29, 1.82) is 0 Å². The Hall–Kier alpha value is -2.81. The summed E-state index contributed by atoms with van der Waals surface area (Å²) in [6.45, 7) is 2.83. The molecule has 2 aromatic carbocycles. The van der Waals surface area contributed by atoms with Crippen molar-refractivity contribution in [2.75, 3.05) is 13.7 Å². The summed E-state index contributed by atoms with van der Waals surface area (Å²) in [6, 6.07) is 16.0. The molecule has 0 radical (unpaired) electrons. The summed E-state index contributed by atoms with van der Waals surface area (Å²) in [5.41, 5.74) is 4.91. The fourth-order valence-electron chi connectivity index (χ4n) is 2.97. The van der Waals surface area contributed by atoms with Crippen molar-refractivity contribution in [3.05, 3.63) is 71.3 Å². The van der Waals surface area contributed by atoms with Crippen LogP contribution in [0.2, 0.25) is 0 Å². The Bertz CT molecular complexity index is 833. The second-order valence-electron chi connectivity index (χ2n) is 6.09. The lowest BCUT2D eigenvalue weighted by Crippen LogP contribution is -2.24. The van der Waals surface area contributed by atoms with E-state index in [2.05, 4.69) is 24.4 Å². The first-order valence-corrected chi connectivity index (χ1v) is 8.68. The molecule has 25 heavy (non-hydrogen) atoms. The molecule has 3 rings (SSSR count). The van der Waals surface area contributed by atoms with Crippen LogP contribution < -0.4 is 10.1 Å². The number of rotatable bonds is 6. The first-order chi connectivity index (χ1) is 12.2. The lowest BCUT2D eigenvalue weighted by molar-refractivity contribution is -0.115. The largest absolute Gasteiger partial charge is 0.497 e. The van der Waals surface area contributed by atoms with Crippen LogP contribution in [0, 0.1) is 0 Å². The minimum atomic E-state index is -0.00468. The van der Waals surface area contributed by atoms with E-state index < -0.39 is 0 Å². The van der Waals surface area contributed by atoms with E-state index in [1.807, 2.05) is 48.5 Å². The molecule has 128 valence electrons. The number of ether oxygens (including phenoxy) is 1. The standard InChI is InChI=1S/C22H23NO2/c1-3-4-12-23-22(24)21-15-17(19-10-5-6-11-20(19)21)13-16-8-7-9-18(14-16)25-2/h5-11,13-15H,3-4,12H2,1-2H3,(H,23,24)/b17-13+. The zero-order valence-corrected chi connectivity index (χ0v) is 14.7. The van der Waals surface area contributed by atoms with Gasteiger partial charge in [0.1, 0.15) is 5.75 Å². The van der Waals surface area contributed by atoms with Gasteiger partial charge in [-0.2, -0.15) is 0 Å². The van der Waals surface area contributed by atoms with Gasteiger partial charge in [0.15, 0.2) is 0 Å². The van der Waals surface area contributed by atoms with Gasteiger partial charge >= 0.3 is 0 Å². The highest BCUT2D eigenvalue weighted by atomic mass is 16.5. The summed E-state index contributed by atoms with van der Waals surface area (Å²) in [5, 5.41) is 3.01. The number of carbonyl (C=O) groups excluding carboxylic acids is 1. The highest BCUT2D eigenvalue weighted by Crippen LogP contribution is 2.36. The summed E-state index contributed by atoms with van der Waals surface area (Å²) in [5.74, 6) is 0.817. The van der Waals surface area contributed by atoms with Gasteiger partial charge in [-0.05, 0) is 53.0 Å². The maximum absolute atomic E-state index is 12.6. The number of nitrogens with one attached hydrogen (secondary N) is 1. The number of methoxy groups -OCH3 is 1. The third kappa shape index (κ3) is 3.82. The number of hydrogen-bond acceptors (Lipinski definition) is 2. The first-order valence-electron chi connectivity index (χ1n) is 8.68. The minimum Gasteiger partial charge on any atom is -0.497 e.